The summed E-state index contributed by atoms with van der Waals surface area (Å²) in [6, 6.07) is 10.5. The number of thiazole rings is 1. The topological polar surface area (TPSA) is 34.0 Å². The zero-order valence-corrected chi connectivity index (χ0v) is 13.4. The maximum Gasteiger partial charge on any atom is 0.0970 e. The molecule has 5 heteroatoms. The van der Waals surface area contributed by atoms with E-state index in [0.29, 0.717) is 5.92 Å². The second-order valence-corrected chi connectivity index (χ2v) is 6.97. The van der Waals surface area contributed by atoms with E-state index in [0.717, 1.165) is 18.6 Å². The molecule has 1 aliphatic heterocycles. The van der Waals surface area contributed by atoms with Gasteiger partial charge in [-0.15, -0.1) is 11.3 Å². The van der Waals surface area contributed by atoms with E-state index in [2.05, 4.69) is 34.3 Å². The molecule has 0 spiro atoms. The number of benzene rings is 1. The third-order valence-corrected chi connectivity index (χ3v) is 5.65. The van der Waals surface area contributed by atoms with Crippen molar-refractivity contribution in [2.45, 2.75) is 25.3 Å². The van der Waals surface area contributed by atoms with E-state index in [4.69, 9.17) is 4.98 Å². The fraction of sp³-hybridized carbons (Fsp3) is 0.412. The molecule has 1 aliphatic rings. The van der Waals surface area contributed by atoms with E-state index in [9.17, 15) is 0 Å². The Morgan fingerprint density at radius 1 is 1.09 bits per heavy atom. The van der Waals surface area contributed by atoms with E-state index in [1.807, 2.05) is 34.5 Å². The Labute approximate surface area is 134 Å². The summed E-state index contributed by atoms with van der Waals surface area (Å²) in [6.45, 7) is 4.41. The van der Waals surface area contributed by atoms with Gasteiger partial charge in [0.2, 0.25) is 0 Å². The van der Waals surface area contributed by atoms with Gasteiger partial charge in [0.05, 0.1) is 21.8 Å². The van der Waals surface area contributed by atoms with Gasteiger partial charge in [0.25, 0.3) is 0 Å². The number of para-hydroxylation sites is 1. The molecule has 1 saturated heterocycles. The number of aromatic nitrogens is 3. The Morgan fingerprint density at radius 3 is 2.73 bits per heavy atom. The zero-order valence-electron chi connectivity index (χ0n) is 12.6. The molecule has 0 radical (unpaired) electrons. The molecule has 22 heavy (non-hydrogen) atoms. The summed E-state index contributed by atoms with van der Waals surface area (Å²) in [5.41, 5.74) is 1.16. The quantitative estimate of drug-likeness (QED) is 0.740. The lowest BCUT2D eigenvalue weighted by Crippen LogP contribution is -2.35. The van der Waals surface area contributed by atoms with Crippen molar-refractivity contribution < 1.29 is 0 Å². The van der Waals surface area contributed by atoms with Crippen LogP contribution in [0.25, 0.3) is 10.2 Å². The lowest BCUT2D eigenvalue weighted by molar-refractivity contribution is 0.202. The summed E-state index contributed by atoms with van der Waals surface area (Å²) in [7, 11) is 0. The van der Waals surface area contributed by atoms with Gasteiger partial charge in [0.15, 0.2) is 0 Å². The number of nitrogens with zero attached hydrogens (tertiary/aromatic N) is 4. The van der Waals surface area contributed by atoms with Gasteiger partial charge in [0, 0.05) is 24.9 Å². The Bertz CT molecular complexity index is 693. The van der Waals surface area contributed by atoms with Crippen LogP contribution in [0.5, 0.6) is 0 Å². The van der Waals surface area contributed by atoms with Gasteiger partial charge in [-0.25, -0.2) is 4.98 Å². The molecule has 0 unspecified atom stereocenters. The van der Waals surface area contributed by atoms with E-state index in [1.54, 1.807) is 0 Å². The summed E-state index contributed by atoms with van der Waals surface area (Å²) in [4.78, 5) is 7.38. The molecule has 1 aromatic carbocycles. The minimum absolute atomic E-state index is 0.637. The molecule has 4 rings (SSSR count). The molecule has 0 N–H and O–H groups in total. The fourth-order valence-electron chi connectivity index (χ4n) is 3.14. The predicted molar refractivity (Wildman–Crippen MR) is 90.3 cm³/mol. The van der Waals surface area contributed by atoms with Crippen LogP contribution in [0.2, 0.25) is 0 Å². The van der Waals surface area contributed by atoms with E-state index >= 15 is 0 Å². The van der Waals surface area contributed by atoms with Crippen LogP contribution in [-0.4, -0.2) is 39.3 Å². The second kappa shape index (κ2) is 6.18. The third-order valence-electron chi connectivity index (χ3n) is 4.45. The summed E-state index contributed by atoms with van der Waals surface area (Å²) >= 11 is 1.87. The number of hydrogen-bond acceptors (Lipinski definition) is 4. The second-order valence-electron chi connectivity index (χ2n) is 5.90. The maximum absolute atomic E-state index is 4.83. The SMILES string of the molecule is c1ccc2sc(C3CCN(CCn4cccn4)CC3)nc2c1. The predicted octanol–water partition coefficient (Wildman–Crippen LogP) is 3.37. The van der Waals surface area contributed by atoms with Crippen molar-refractivity contribution in [3.8, 4) is 0 Å². The summed E-state index contributed by atoms with van der Waals surface area (Å²) in [5.74, 6) is 0.637. The normalized spacial score (nSPS) is 17.3. The van der Waals surface area contributed by atoms with Gasteiger partial charge in [0.1, 0.15) is 0 Å². The molecule has 0 aliphatic carbocycles. The average molecular weight is 312 g/mol. The first-order valence-corrected chi connectivity index (χ1v) is 8.75. The van der Waals surface area contributed by atoms with Crippen molar-refractivity contribution in [1.29, 1.82) is 0 Å². The van der Waals surface area contributed by atoms with Crippen molar-refractivity contribution in [3.63, 3.8) is 0 Å². The standard InChI is InChI=1S/C17H20N4S/c1-2-5-16-15(4-1)19-17(22-16)14-6-10-20(11-7-14)12-13-21-9-3-8-18-21/h1-5,8-9,14H,6-7,10-13H2. The van der Waals surface area contributed by atoms with Crippen LogP contribution in [0.1, 0.15) is 23.8 Å². The van der Waals surface area contributed by atoms with Crippen molar-refractivity contribution in [2.24, 2.45) is 0 Å². The number of fused-ring (bicyclic) bond motifs is 1. The summed E-state index contributed by atoms with van der Waals surface area (Å²) < 4.78 is 3.33. The highest BCUT2D eigenvalue weighted by atomic mass is 32.1. The van der Waals surface area contributed by atoms with Gasteiger partial charge in [-0.1, -0.05) is 12.1 Å². The van der Waals surface area contributed by atoms with Crippen molar-refractivity contribution in [3.05, 3.63) is 47.7 Å². The smallest absolute Gasteiger partial charge is 0.0970 e. The molecule has 114 valence electrons. The monoisotopic (exact) mass is 312 g/mol. The van der Waals surface area contributed by atoms with Crippen LogP contribution >= 0.6 is 11.3 Å². The Morgan fingerprint density at radius 2 is 1.95 bits per heavy atom. The lowest BCUT2D eigenvalue weighted by atomic mass is 9.97. The molecule has 0 saturated carbocycles. The molecule has 0 bridgehead atoms. The van der Waals surface area contributed by atoms with Crippen LogP contribution in [0.15, 0.2) is 42.7 Å². The highest BCUT2D eigenvalue weighted by Gasteiger charge is 2.23. The third kappa shape index (κ3) is 2.91. The molecule has 3 heterocycles. The number of rotatable bonds is 4. The molecule has 1 fully saturated rings. The largest absolute Gasteiger partial charge is 0.301 e. The van der Waals surface area contributed by atoms with Crippen molar-refractivity contribution in [2.75, 3.05) is 19.6 Å². The van der Waals surface area contributed by atoms with Crippen LogP contribution in [0.3, 0.4) is 0 Å². The number of hydrogen-bond donors (Lipinski definition) is 0. The Balaban J connectivity index is 1.35. The van der Waals surface area contributed by atoms with E-state index < -0.39 is 0 Å². The highest BCUT2D eigenvalue weighted by molar-refractivity contribution is 7.18. The molecule has 4 nitrogen and oxygen atoms in total. The van der Waals surface area contributed by atoms with E-state index in [-0.39, 0.29) is 0 Å². The van der Waals surface area contributed by atoms with Crippen molar-refractivity contribution >= 4 is 21.6 Å². The van der Waals surface area contributed by atoms with Crippen LogP contribution < -0.4 is 0 Å². The fourth-order valence-corrected chi connectivity index (χ4v) is 4.28. The molecule has 0 atom stereocenters. The molecular formula is C17H20N4S. The molecule has 3 aromatic rings. The summed E-state index contributed by atoms with van der Waals surface area (Å²) in [6.07, 6.45) is 6.32. The minimum Gasteiger partial charge on any atom is -0.301 e. The first-order chi connectivity index (χ1) is 10.9. The van der Waals surface area contributed by atoms with Gasteiger partial charge in [-0.3, -0.25) is 4.68 Å². The van der Waals surface area contributed by atoms with Crippen LogP contribution in [0, 0.1) is 0 Å². The van der Waals surface area contributed by atoms with Crippen LogP contribution in [-0.2, 0) is 6.54 Å². The molecule has 0 amide bonds. The minimum atomic E-state index is 0.637. The summed E-state index contributed by atoms with van der Waals surface area (Å²) in [5, 5.41) is 5.60. The van der Waals surface area contributed by atoms with Gasteiger partial charge in [-0.2, -0.15) is 5.10 Å². The first kappa shape index (κ1) is 13.9. The van der Waals surface area contributed by atoms with Crippen molar-refractivity contribution in [1.82, 2.24) is 19.7 Å². The average Bonchev–Trinajstić information content (AvgIpc) is 3.22. The van der Waals surface area contributed by atoms with Gasteiger partial charge < -0.3 is 4.90 Å². The Hall–Kier alpha value is -1.72. The maximum atomic E-state index is 4.83. The Kier molecular flexibility index (Phi) is 3.91. The van der Waals surface area contributed by atoms with Crippen LogP contribution in [0.4, 0.5) is 0 Å². The highest BCUT2D eigenvalue weighted by Crippen LogP contribution is 2.33. The van der Waals surface area contributed by atoms with Gasteiger partial charge >= 0.3 is 0 Å². The zero-order chi connectivity index (χ0) is 14.8. The molecular weight excluding hydrogens is 292 g/mol. The van der Waals surface area contributed by atoms with E-state index in [1.165, 1.54) is 35.6 Å². The molecule has 2 aromatic heterocycles. The first-order valence-electron chi connectivity index (χ1n) is 7.94. The lowest BCUT2D eigenvalue weighted by Gasteiger charge is -2.30. The number of likely N-dealkylation sites (tertiary alicyclic amines) is 1. The van der Waals surface area contributed by atoms with Gasteiger partial charge in [-0.05, 0) is 44.1 Å². The number of piperidine rings is 1.